The van der Waals surface area contributed by atoms with Crippen molar-refractivity contribution in [2.75, 3.05) is 5.32 Å². The van der Waals surface area contributed by atoms with Crippen molar-refractivity contribution in [3.05, 3.63) is 76.0 Å². The number of nitrogens with one attached hydrogen (secondary N) is 1. The standard InChI is InChI=1S/C18H13BrN4O4/c19-12-6-4-10(5-7-12)17(25)22-14-9-21-23(15(14)18(26)27)13-3-1-2-11(8-13)16(20)24/h1-9H,(H2,20,24)(H,22,25)(H,26,27). The number of hydrogen-bond acceptors (Lipinski definition) is 4. The van der Waals surface area contributed by atoms with Crippen molar-refractivity contribution < 1.29 is 19.5 Å². The van der Waals surface area contributed by atoms with Crippen LogP contribution in [0.15, 0.2) is 59.2 Å². The van der Waals surface area contributed by atoms with Crippen molar-refractivity contribution in [3.63, 3.8) is 0 Å². The van der Waals surface area contributed by atoms with Gasteiger partial charge in [-0.1, -0.05) is 22.0 Å². The fourth-order valence-electron chi connectivity index (χ4n) is 2.43. The van der Waals surface area contributed by atoms with Crippen molar-refractivity contribution in [3.8, 4) is 5.69 Å². The Kier molecular flexibility index (Phi) is 5.04. The summed E-state index contributed by atoms with van der Waals surface area (Å²) >= 11 is 3.28. The lowest BCUT2D eigenvalue weighted by molar-refractivity contribution is 0.0688. The molecule has 0 atom stereocenters. The van der Waals surface area contributed by atoms with Crippen molar-refractivity contribution in [1.29, 1.82) is 0 Å². The quantitative estimate of drug-likeness (QED) is 0.575. The molecule has 2 aromatic carbocycles. The lowest BCUT2D eigenvalue weighted by Crippen LogP contribution is -2.16. The second kappa shape index (κ2) is 7.42. The van der Waals surface area contributed by atoms with E-state index in [0.29, 0.717) is 11.3 Å². The Labute approximate surface area is 161 Å². The number of rotatable bonds is 5. The van der Waals surface area contributed by atoms with Gasteiger partial charge in [-0.3, -0.25) is 9.59 Å². The van der Waals surface area contributed by atoms with E-state index in [9.17, 15) is 19.5 Å². The summed E-state index contributed by atoms with van der Waals surface area (Å²) in [6.45, 7) is 0. The van der Waals surface area contributed by atoms with Crippen LogP contribution < -0.4 is 11.1 Å². The molecule has 1 heterocycles. The molecule has 0 saturated carbocycles. The van der Waals surface area contributed by atoms with Crippen LogP contribution in [0.2, 0.25) is 0 Å². The summed E-state index contributed by atoms with van der Waals surface area (Å²) in [6.07, 6.45) is 1.23. The molecule has 0 aliphatic rings. The van der Waals surface area contributed by atoms with Gasteiger partial charge in [0.1, 0.15) is 0 Å². The molecule has 0 unspecified atom stereocenters. The van der Waals surface area contributed by atoms with Crippen molar-refractivity contribution in [1.82, 2.24) is 9.78 Å². The lowest BCUT2D eigenvalue weighted by Gasteiger charge is -2.08. The molecule has 0 aliphatic carbocycles. The molecule has 3 rings (SSSR count). The van der Waals surface area contributed by atoms with Gasteiger partial charge in [0.2, 0.25) is 5.91 Å². The Morgan fingerprint density at radius 2 is 1.78 bits per heavy atom. The number of benzene rings is 2. The zero-order chi connectivity index (χ0) is 19.6. The number of halogens is 1. The van der Waals surface area contributed by atoms with Crippen LogP contribution in [0.1, 0.15) is 31.2 Å². The first-order valence-corrected chi connectivity index (χ1v) is 8.44. The van der Waals surface area contributed by atoms with Crippen molar-refractivity contribution in [2.24, 2.45) is 5.73 Å². The molecule has 0 saturated heterocycles. The summed E-state index contributed by atoms with van der Waals surface area (Å²) in [7, 11) is 0. The first kappa shape index (κ1) is 18.3. The van der Waals surface area contributed by atoms with Crippen LogP contribution >= 0.6 is 15.9 Å². The molecule has 9 heteroatoms. The third kappa shape index (κ3) is 3.87. The highest BCUT2D eigenvalue weighted by molar-refractivity contribution is 9.10. The first-order valence-electron chi connectivity index (χ1n) is 7.65. The van der Waals surface area contributed by atoms with Gasteiger partial charge in [0.25, 0.3) is 5.91 Å². The summed E-state index contributed by atoms with van der Waals surface area (Å²) in [6, 6.07) is 12.7. The molecule has 3 aromatic rings. The number of aromatic carboxylic acids is 1. The molecule has 0 bridgehead atoms. The summed E-state index contributed by atoms with van der Waals surface area (Å²) in [4.78, 5) is 35.5. The van der Waals surface area contributed by atoms with Crippen LogP contribution in [0.3, 0.4) is 0 Å². The first-order chi connectivity index (χ1) is 12.9. The monoisotopic (exact) mass is 428 g/mol. The molecule has 136 valence electrons. The molecule has 0 fully saturated rings. The van der Waals surface area contributed by atoms with E-state index < -0.39 is 17.8 Å². The highest BCUT2D eigenvalue weighted by Crippen LogP contribution is 2.21. The Hall–Kier alpha value is -3.46. The van der Waals surface area contributed by atoms with Gasteiger partial charge in [-0.15, -0.1) is 0 Å². The largest absolute Gasteiger partial charge is 0.476 e. The van der Waals surface area contributed by atoms with Crippen molar-refractivity contribution >= 4 is 39.4 Å². The molecule has 0 aliphatic heterocycles. The Bertz CT molecular complexity index is 1040. The summed E-state index contributed by atoms with van der Waals surface area (Å²) < 4.78 is 1.93. The van der Waals surface area contributed by atoms with E-state index >= 15 is 0 Å². The number of carboxylic acids is 1. The van der Waals surface area contributed by atoms with Crippen LogP contribution in [0.25, 0.3) is 5.69 Å². The van der Waals surface area contributed by atoms with Gasteiger partial charge in [0.05, 0.1) is 17.6 Å². The minimum atomic E-state index is -1.29. The molecule has 0 radical (unpaired) electrons. The van der Waals surface area contributed by atoms with Crippen LogP contribution in [0.5, 0.6) is 0 Å². The number of primary amides is 1. The van der Waals surface area contributed by atoms with Gasteiger partial charge in [0, 0.05) is 15.6 Å². The Morgan fingerprint density at radius 3 is 2.41 bits per heavy atom. The average Bonchev–Trinajstić information content (AvgIpc) is 3.06. The van der Waals surface area contributed by atoms with E-state index in [0.717, 1.165) is 9.15 Å². The Balaban J connectivity index is 1.97. The predicted molar refractivity (Wildman–Crippen MR) is 101 cm³/mol. The molecular weight excluding hydrogens is 416 g/mol. The minimum Gasteiger partial charge on any atom is -0.476 e. The van der Waals surface area contributed by atoms with Crippen LogP contribution in [-0.4, -0.2) is 32.7 Å². The van der Waals surface area contributed by atoms with Gasteiger partial charge in [-0.25, -0.2) is 9.48 Å². The van der Waals surface area contributed by atoms with Crippen LogP contribution in [-0.2, 0) is 0 Å². The van der Waals surface area contributed by atoms with E-state index in [1.807, 2.05) is 0 Å². The molecule has 2 amide bonds. The highest BCUT2D eigenvalue weighted by atomic mass is 79.9. The topological polar surface area (TPSA) is 127 Å². The third-order valence-electron chi connectivity index (χ3n) is 3.70. The molecule has 1 aromatic heterocycles. The van der Waals surface area contributed by atoms with E-state index in [4.69, 9.17) is 5.73 Å². The van der Waals surface area contributed by atoms with Gasteiger partial charge in [-0.05, 0) is 42.5 Å². The molecular formula is C18H13BrN4O4. The Morgan fingerprint density at radius 1 is 1.07 bits per heavy atom. The van der Waals surface area contributed by atoms with E-state index in [2.05, 4.69) is 26.3 Å². The third-order valence-corrected chi connectivity index (χ3v) is 4.23. The van der Waals surface area contributed by atoms with Gasteiger partial charge < -0.3 is 16.2 Å². The number of nitrogens with zero attached hydrogens (tertiary/aromatic N) is 2. The fourth-order valence-corrected chi connectivity index (χ4v) is 2.69. The maximum atomic E-state index is 12.4. The molecule has 4 N–H and O–H groups in total. The summed E-state index contributed by atoms with van der Waals surface area (Å²) in [5.74, 6) is -2.41. The summed E-state index contributed by atoms with van der Waals surface area (Å²) in [5, 5.41) is 16.2. The molecule has 27 heavy (non-hydrogen) atoms. The number of carbonyl (C=O) groups is 3. The summed E-state index contributed by atoms with van der Waals surface area (Å²) in [5.41, 5.74) is 5.93. The van der Waals surface area contributed by atoms with Crippen LogP contribution in [0, 0.1) is 0 Å². The second-order valence-electron chi connectivity index (χ2n) is 5.50. The molecule has 8 nitrogen and oxygen atoms in total. The number of aromatic nitrogens is 2. The van der Waals surface area contributed by atoms with Gasteiger partial charge in [-0.2, -0.15) is 5.10 Å². The number of amides is 2. The normalized spacial score (nSPS) is 10.4. The lowest BCUT2D eigenvalue weighted by atomic mass is 10.2. The average molecular weight is 429 g/mol. The maximum absolute atomic E-state index is 12.4. The number of hydrogen-bond donors (Lipinski definition) is 3. The van der Waals surface area contributed by atoms with Gasteiger partial charge in [0.15, 0.2) is 5.69 Å². The minimum absolute atomic E-state index is 0.0277. The zero-order valence-electron chi connectivity index (χ0n) is 13.7. The van der Waals surface area contributed by atoms with E-state index in [-0.39, 0.29) is 16.9 Å². The van der Waals surface area contributed by atoms with Crippen LogP contribution in [0.4, 0.5) is 5.69 Å². The number of carboxylic acid groups (broad SMARTS) is 1. The SMILES string of the molecule is NC(=O)c1cccc(-n2ncc(NC(=O)c3ccc(Br)cc3)c2C(=O)O)c1. The van der Waals surface area contributed by atoms with E-state index in [1.54, 1.807) is 36.4 Å². The fraction of sp³-hybridized carbons (Fsp3) is 0. The van der Waals surface area contributed by atoms with Crippen molar-refractivity contribution in [2.45, 2.75) is 0 Å². The number of anilines is 1. The van der Waals surface area contributed by atoms with Gasteiger partial charge >= 0.3 is 5.97 Å². The maximum Gasteiger partial charge on any atom is 0.356 e. The molecule has 0 spiro atoms. The highest BCUT2D eigenvalue weighted by Gasteiger charge is 2.21. The second-order valence-corrected chi connectivity index (χ2v) is 6.42. The zero-order valence-corrected chi connectivity index (χ0v) is 15.3. The predicted octanol–water partition coefficient (Wildman–Crippen LogP) is 2.68. The number of carbonyl (C=O) groups excluding carboxylic acids is 2. The smallest absolute Gasteiger partial charge is 0.356 e. The van der Waals surface area contributed by atoms with E-state index in [1.165, 1.54) is 18.3 Å². The number of nitrogens with two attached hydrogens (primary N) is 1.